The second-order valence-electron chi connectivity index (χ2n) is 2.21. The first-order valence-electron chi connectivity index (χ1n) is 3.51. The molecule has 0 saturated carbocycles. The van der Waals surface area contributed by atoms with Gasteiger partial charge in [-0.15, -0.1) is 0 Å². The molecule has 0 radical (unpaired) electrons. The van der Waals surface area contributed by atoms with Crippen molar-refractivity contribution in [3.8, 4) is 0 Å². The molecule has 0 aliphatic rings. The van der Waals surface area contributed by atoms with Crippen molar-refractivity contribution in [3.05, 3.63) is 46.2 Å². The van der Waals surface area contributed by atoms with E-state index in [4.69, 9.17) is 0 Å². The summed E-state index contributed by atoms with van der Waals surface area (Å²) in [6.45, 7) is 7.05. The zero-order chi connectivity index (χ0) is 8.97. The summed E-state index contributed by atoms with van der Waals surface area (Å²) >= 11 is 0. The van der Waals surface area contributed by atoms with Crippen LogP contribution in [0.2, 0.25) is 0 Å². The summed E-state index contributed by atoms with van der Waals surface area (Å²) in [4.78, 5) is 11.1. The first kappa shape index (κ1) is 8.33. The van der Waals surface area contributed by atoms with Crippen LogP contribution < -0.4 is 16.1 Å². The van der Waals surface area contributed by atoms with Gasteiger partial charge in [0.2, 0.25) is 0 Å². The SMILES string of the molecule is C=C/C=c1/[nH][nH]c(=O)/c1=C/C=C. The molecule has 0 aliphatic heterocycles. The Morgan fingerprint density at radius 2 is 1.75 bits per heavy atom. The molecule has 0 aromatic carbocycles. The highest BCUT2D eigenvalue weighted by Gasteiger charge is 1.89. The number of allylic oxidation sites excluding steroid dienone is 2. The second kappa shape index (κ2) is 3.57. The second-order valence-corrected chi connectivity index (χ2v) is 2.21. The van der Waals surface area contributed by atoms with Gasteiger partial charge in [0.15, 0.2) is 0 Å². The standard InChI is InChI=1S/C9H10N2O/c1-3-5-7-8(6-4-2)10-11-9(7)12/h3-6,10H,1-2H2,(H,11,12)/b7-5+,8-6+. The average Bonchev–Trinajstić information content (AvgIpc) is 2.37. The molecule has 0 amide bonds. The number of hydrogen-bond donors (Lipinski definition) is 2. The topological polar surface area (TPSA) is 48.6 Å². The van der Waals surface area contributed by atoms with Gasteiger partial charge in [0, 0.05) is 0 Å². The van der Waals surface area contributed by atoms with Crippen molar-refractivity contribution in [1.82, 2.24) is 10.2 Å². The van der Waals surface area contributed by atoms with Crippen LogP contribution in [0.25, 0.3) is 12.2 Å². The normalized spacial score (nSPS) is 13.3. The molecular formula is C9H10N2O. The van der Waals surface area contributed by atoms with Gasteiger partial charge >= 0.3 is 0 Å². The zero-order valence-corrected chi connectivity index (χ0v) is 6.63. The van der Waals surface area contributed by atoms with Gasteiger partial charge in [-0.3, -0.25) is 15.0 Å². The van der Waals surface area contributed by atoms with E-state index in [0.717, 1.165) is 5.35 Å². The van der Waals surface area contributed by atoms with E-state index in [-0.39, 0.29) is 5.56 Å². The summed E-state index contributed by atoms with van der Waals surface area (Å²) in [5.74, 6) is 0. The van der Waals surface area contributed by atoms with Crippen LogP contribution >= 0.6 is 0 Å². The molecule has 1 aromatic rings. The van der Waals surface area contributed by atoms with E-state index in [9.17, 15) is 4.79 Å². The van der Waals surface area contributed by atoms with E-state index in [2.05, 4.69) is 23.4 Å². The van der Waals surface area contributed by atoms with Crippen LogP contribution in [-0.2, 0) is 0 Å². The first-order valence-corrected chi connectivity index (χ1v) is 3.51. The third-order valence-corrected chi connectivity index (χ3v) is 1.41. The molecule has 0 saturated heterocycles. The molecule has 0 unspecified atom stereocenters. The molecule has 1 heterocycles. The van der Waals surface area contributed by atoms with Gasteiger partial charge < -0.3 is 0 Å². The average molecular weight is 162 g/mol. The summed E-state index contributed by atoms with van der Waals surface area (Å²) in [5.41, 5.74) is -0.150. The van der Waals surface area contributed by atoms with Gasteiger partial charge in [-0.2, -0.15) is 0 Å². The highest BCUT2D eigenvalue weighted by atomic mass is 16.1. The molecule has 3 heteroatoms. The van der Waals surface area contributed by atoms with Crippen molar-refractivity contribution in [2.45, 2.75) is 0 Å². The quantitative estimate of drug-likeness (QED) is 0.612. The maximum Gasteiger partial charge on any atom is 0.271 e. The molecule has 0 fully saturated rings. The van der Waals surface area contributed by atoms with Gasteiger partial charge in [-0.25, -0.2) is 0 Å². The Morgan fingerprint density at radius 3 is 2.33 bits per heavy atom. The van der Waals surface area contributed by atoms with Crippen LogP contribution in [0.4, 0.5) is 0 Å². The van der Waals surface area contributed by atoms with Crippen molar-refractivity contribution < 1.29 is 0 Å². The minimum absolute atomic E-state index is 0.150. The van der Waals surface area contributed by atoms with Crippen LogP contribution in [0, 0.1) is 0 Å². The lowest BCUT2D eigenvalue weighted by Crippen LogP contribution is -2.32. The van der Waals surface area contributed by atoms with Crippen LogP contribution in [0.3, 0.4) is 0 Å². The Kier molecular flexibility index (Phi) is 2.48. The van der Waals surface area contributed by atoms with E-state index in [1.165, 1.54) is 0 Å². The van der Waals surface area contributed by atoms with Gasteiger partial charge in [0.1, 0.15) is 0 Å². The molecule has 3 nitrogen and oxygen atoms in total. The number of aromatic nitrogens is 2. The third kappa shape index (κ3) is 1.45. The highest BCUT2D eigenvalue weighted by Crippen LogP contribution is 1.62. The largest absolute Gasteiger partial charge is 0.298 e. The third-order valence-electron chi connectivity index (χ3n) is 1.41. The fourth-order valence-electron chi connectivity index (χ4n) is 0.914. The summed E-state index contributed by atoms with van der Waals surface area (Å²) in [7, 11) is 0. The monoisotopic (exact) mass is 162 g/mol. The summed E-state index contributed by atoms with van der Waals surface area (Å²) in [6, 6.07) is 0. The fourth-order valence-corrected chi connectivity index (χ4v) is 0.914. The fraction of sp³-hybridized carbons (Fsp3) is 0. The van der Waals surface area contributed by atoms with Gasteiger partial charge in [-0.05, 0) is 12.2 Å². The molecule has 2 N–H and O–H groups in total. The summed E-state index contributed by atoms with van der Waals surface area (Å²) in [6.07, 6.45) is 6.54. The minimum Gasteiger partial charge on any atom is -0.298 e. The Labute approximate surface area is 69.4 Å². The molecule has 1 rings (SSSR count). The molecular weight excluding hydrogens is 152 g/mol. The lowest BCUT2D eigenvalue weighted by molar-refractivity contribution is 1.03. The molecule has 62 valence electrons. The van der Waals surface area contributed by atoms with Crippen LogP contribution in [0.15, 0.2) is 30.1 Å². The predicted octanol–water partition coefficient (Wildman–Crippen LogP) is -0.364. The van der Waals surface area contributed by atoms with Crippen LogP contribution in [-0.4, -0.2) is 10.2 Å². The Hall–Kier alpha value is -1.77. The zero-order valence-electron chi connectivity index (χ0n) is 6.63. The molecule has 0 aliphatic carbocycles. The minimum atomic E-state index is -0.150. The lowest BCUT2D eigenvalue weighted by Gasteiger charge is -1.72. The number of aromatic amines is 2. The van der Waals surface area contributed by atoms with E-state index < -0.39 is 0 Å². The smallest absolute Gasteiger partial charge is 0.271 e. The van der Waals surface area contributed by atoms with Crippen LogP contribution in [0.1, 0.15) is 0 Å². The highest BCUT2D eigenvalue weighted by molar-refractivity contribution is 5.39. The summed E-state index contributed by atoms with van der Waals surface area (Å²) < 4.78 is 0. The van der Waals surface area contributed by atoms with E-state index in [1.807, 2.05) is 0 Å². The van der Waals surface area contributed by atoms with E-state index in [0.29, 0.717) is 5.22 Å². The van der Waals surface area contributed by atoms with E-state index >= 15 is 0 Å². The van der Waals surface area contributed by atoms with Gasteiger partial charge in [-0.1, -0.05) is 25.3 Å². The van der Waals surface area contributed by atoms with Crippen molar-refractivity contribution in [3.63, 3.8) is 0 Å². The molecule has 12 heavy (non-hydrogen) atoms. The lowest BCUT2D eigenvalue weighted by atomic mass is 10.3. The predicted molar refractivity (Wildman–Crippen MR) is 50.0 cm³/mol. The van der Waals surface area contributed by atoms with Crippen molar-refractivity contribution in [2.75, 3.05) is 0 Å². The van der Waals surface area contributed by atoms with Crippen molar-refractivity contribution in [1.29, 1.82) is 0 Å². The van der Waals surface area contributed by atoms with Gasteiger partial charge in [0.25, 0.3) is 5.56 Å². The maximum absolute atomic E-state index is 11.1. The number of rotatable bonds is 2. The number of hydrogen-bond acceptors (Lipinski definition) is 1. The molecule has 0 spiro atoms. The maximum atomic E-state index is 11.1. The molecule has 0 atom stereocenters. The van der Waals surface area contributed by atoms with Crippen molar-refractivity contribution in [2.24, 2.45) is 0 Å². The number of H-pyrrole nitrogens is 2. The Balaban J connectivity index is 3.63. The molecule has 0 bridgehead atoms. The van der Waals surface area contributed by atoms with Gasteiger partial charge in [0.05, 0.1) is 10.6 Å². The Morgan fingerprint density at radius 1 is 1.08 bits per heavy atom. The summed E-state index contributed by atoms with van der Waals surface area (Å²) in [5, 5.41) is 6.48. The Bertz CT molecular complexity index is 448. The van der Waals surface area contributed by atoms with E-state index in [1.54, 1.807) is 24.3 Å². The molecule has 1 aromatic heterocycles. The first-order chi connectivity index (χ1) is 5.79. The van der Waals surface area contributed by atoms with Crippen molar-refractivity contribution >= 4 is 12.2 Å². The number of nitrogens with one attached hydrogen (secondary N) is 2. The van der Waals surface area contributed by atoms with Crippen LogP contribution in [0.5, 0.6) is 0 Å².